The van der Waals surface area contributed by atoms with E-state index in [2.05, 4.69) is 41.9 Å². The number of halogens is 2. The molecule has 3 aromatic rings. The largest absolute Gasteiger partial charge is 0.321 e. The van der Waals surface area contributed by atoms with Crippen molar-refractivity contribution in [3.63, 3.8) is 0 Å². The Bertz CT molecular complexity index is 735. The number of nitrogens with zero attached hydrogens (tertiary/aromatic N) is 3. The first-order valence-electron chi connectivity index (χ1n) is 5.79. The second kappa shape index (κ2) is 5.23. The van der Waals surface area contributed by atoms with Crippen molar-refractivity contribution in [3.8, 4) is 0 Å². The number of aromatic nitrogens is 3. The molecule has 6 heteroatoms. The molecule has 0 aliphatic carbocycles. The zero-order valence-corrected chi connectivity index (χ0v) is 13.4. The molecule has 2 heterocycles. The maximum atomic E-state index is 6.00. The van der Waals surface area contributed by atoms with Gasteiger partial charge < -0.3 is 4.57 Å². The van der Waals surface area contributed by atoms with E-state index in [-0.39, 0.29) is 0 Å². The van der Waals surface area contributed by atoms with Crippen LogP contribution in [0.3, 0.4) is 0 Å². The Balaban J connectivity index is 2.10. The van der Waals surface area contributed by atoms with Gasteiger partial charge in [-0.3, -0.25) is 0 Å². The fourth-order valence-electron chi connectivity index (χ4n) is 2.07. The first-order chi connectivity index (χ1) is 9.17. The van der Waals surface area contributed by atoms with E-state index < -0.39 is 0 Å². The van der Waals surface area contributed by atoms with Gasteiger partial charge in [0.05, 0.1) is 34.2 Å². The van der Waals surface area contributed by atoms with Crippen LogP contribution in [0, 0.1) is 6.92 Å². The summed E-state index contributed by atoms with van der Waals surface area (Å²) in [6, 6.07) is 6.08. The van der Waals surface area contributed by atoms with Gasteiger partial charge in [-0.15, -0.1) is 22.9 Å². The van der Waals surface area contributed by atoms with Gasteiger partial charge in [0.15, 0.2) is 0 Å². The van der Waals surface area contributed by atoms with Gasteiger partial charge >= 0.3 is 0 Å². The molecule has 3 rings (SSSR count). The Morgan fingerprint density at radius 1 is 1.37 bits per heavy atom. The predicted octanol–water partition coefficient (Wildman–Crippen LogP) is 4.35. The lowest BCUT2D eigenvalue weighted by Gasteiger charge is -2.05. The van der Waals surface area contributed by atoms with Crippen molar-refractivity contribution in [3.05, 3.63) is 44.6 Å². The standard InChI is InChI=1S/C13H11BrClN3S/c1-8-16-10(7-19-8)6-18-12-3-2-9(14)4-11(12)17-13(18)5-15/h2-4,7H,5-6H2,1H3. The summed E-state index contributed by atoms with van der Waals surface area (Å²) in [5, 5.41) is 3.16. The van der Waals surface area contributed by atoms with Crippen LogP contribution >= 0.6 is 38.9 Å². The van der Waals surface area contributed by atoms with E-state index in [4.69, 9.17) is 11.6 Å². The van der Waals surface area contributed by atoms with Crippen molar-refractivity contribution in [2.24, 2.45) is 0 Å². The van der Waals surface area contributed by atoms with E-state index in [9.17, 15) is 0 Å². The topological polar surface area (TPSA) is 30.7 Å². The second-order valence-corrected chi connectivity index (χ2v) is 6.48. The van der Waals surface area contributed by atoms with Gasteiger partial charge in [0.1, 0.15) is 5.82 Å². The summed E-state index contributed by atoms with van der Waals surface area (Å²) in [5.41, 5.74) is 3.09. The van der Waals surface area contributed by atoms with Crippen LogP contribution in [0.25, 0.3) is 11.0 Å². The van der Waals surface area contributed by atoms with Crippen LogP contribution in [0.15, 0.2) is 28.1 Å². The van der Waals surface area contributed by atoms with Crippen molar-refractivity contribution in [2.45, 2.75) is 19.3 Å². The first-order valence-corrected chi connectivity index (χ1v) is 7.99. The SMILES string of the molecule is Cc1nc(Cn2c(CCl)nc3cc(Br)ccc32)cs1. The van der Waals surface area contributed by atoms with E-state index in [1.54, 1.807) is 11.3 Å². The maximum absolute atomic E-state index is 6.00. The Kier molecular flexibility index (Phi) is 3.60. The third-order valence-electron chi connectivity index (χ3n) is 2.90. The number of hydrogen-bond donors (Lipinski definition) is 0. The highest BCUT2D eigenvalue weighted by atomic mass is 79.9. The molecular formula is C13H11BrClN3S. The third kappa shape index (κ3) is 2.55. The molecule has 0 unspecified atom stereocenters. The lowest BCUT2D eigenvalue weighted by atomic mass is 10.3. The molecule has 1 aromatic carbocycles. The lowest BCUT2D eigenvalue weighted by Crippen LogP contribution is -2.04. The average molecular weight is 357 g/mol. The number of thiazole rings is 1. The summed E-state index contributed by atoms with van der Waals surface area (Å²) in [5.74, 6) is 1.27. The summed E-state index contributed by atoms with van der Waals surface area (Å²) >= 11 is 11.1. The van der Waals surface area contributed by atoms with Crippen LogP contribution in [-0.2, 0) is 12.4 Å². The van der Waals surface area contributed by atoms with Gasteiger partial charge in [-0.05, 0) is 25.1 Å². The molecule has 0 spiro atoms. The fourth-order valence-corrected chi connectivity index (χ4v) is 3.23. The van der Waals surface area contributed by atoms with Crippen molar-refractivity contribution in [1.82, 2.24) is 14.5 Å². The van der Waals surface area contributed by atoms with E-state index in [1.807, 2.05) is 19.1 Å². The average Bonchev–Trinajstić information content (AvgIpc) is 2.94. The molecule has 3 nitrogen and oxygen atoms in total. The second-order valence-electron chi connectivity index (χ2n) is 4.24. The number of imidazole rings is 1. The minimum Gasteiger partial charge on any atom is -0.321 e. The number of hydrogen-bond acceptors (Lipinski definition) is 3. The van der Waals surface area contributed by atoms with Gasteiger partial charge in [-0.25, -0.2) is 9.97 Å². The third-order valence-corrected chi connectivity index (χ3v) is 4.45. The van der Waals surface area contributed by atoms with Crippen LogP contribution in [-0.4, -0.2) is 14.5 Å². The molecule has 0 atom stereocenters. The molecule has 98 valence electrons. The molecule has 0 aliphatic rings. The molecular weight excluding hydrogens is 346 g/mol. The minimum absolute atomic E-state index is 0.398. The van der Waals surface area contributed by atoms with Crippen LogP contribution in [0.2, 0.25) is 0 Å². The molecule has 0 aliphatic heterocycles. The Labute approximate surface area is 128 Å². The van der Waals surface area contributed by atoms with Gasteiger partial charge in [0, 0.05) is 9.85 Å². The zero-order chi connectivity index (χ0) is 13.4. The molecule has 2 aromatic heterocycles. The van der Waals surface area contributed by atoms with Gasteiger partial charge in [-0.2, -0.15) is 0 Å². The van der Waals surface area contributed by atoms with E-state index in [0.717, 1.165) is 32.0 Å². The summed E-state index contributed by atoms with van der Waals surface area (Å²) < 4.78 is 3.15. The van der Waals surface area contributed by atoms with Gasteiger partial charge in [0.2, 0.25) is 0 Å². The first kappa shape index (κ1) is 13.1. The summed E-state index contributed by atoms with van der Waals surface area (Å²) in [4.78, 5) is 9.07. The predicted molar refractivity (Wildman–Crippen MR) is 82.9 cm³/mol. The van der Waals surface area contributed by atoms with Crippen molar-refractivity contribution in [2.75, 3.05) is 0 Å². The number of rotatable bonds is 3. The van der Waals surface area contributed by atoms with Crippen molar-refractivity contribution >= 4 is 49.9 Å². The zero-order valence-electron chi connectivity index (χ0n) is 10.2. The summed E-state index contributed by atoms with van der Waals surface area (Å²) in [6.07, 6.45) is 0. The Hall–Kier alpha value is -0.910. The van der Waals surface area contributed by atoms with E-state index in [1.165, 1.54) is 0 Å². The summed E-state index contributed by atoms with van der Waals surface area (Å²) in [6.45, 7) is 2.73. The molecule has 0 saturated heterocycles. The van der Waals surface area contributed by atoms with Crippen LogP contribution in [0.4, 0.5) is 0 Å². The normalized spacial score (nSPS) is 11.3. The molecule has 0 amide bonds. The van der Waals surface area contributed by atoms with Crippen molar-refractivity contribution in [1.29, 1.82) is 0 Å². The highest BCUT2D eigenvalue weighted by molar-refractivity contribution is 9.10. The van der Waals surface area contributed by atoms with E-state index in [0.29, 0.717) is 12.4 Å². The highest BCUT2D eigenvalue weighted by Crippen LogP contribution is 2.23. The number of fused-ring (bicyclic) bond motifs is 1. The Morgan fingerprint density at radius 2 is 2.21 bits per heavy atom. The van der Waals surface area contributed by atoms with Crippen LogP contribution in [0.5, 0.6) is 0 Å². The fraction of sp³-hybridized carbons (Fsp3) is 0.231. The highest BCUT2D eigenvalue weighted by Gasteiger charge is 2.11. The minimum atomic E-state index is 0.398. The van der Waals surface area contributed by atoms with Crippen molar-refractivity contribution < 1.29 is 0 Å². The Morgan fingerprint density at radius 3 is 2.89 bits per heavy atom. The number of alkyl halides is 1. The summed E-state index contributed by atoms with van der Waals surface area (Å²) in [7, 11) is 0. The molecule has 0 bridgehead atoms. The molecule has 19 heavy (non-hydrogen) atoms. The number of aryl methyl sites for hydroxylation is 1. The molecule has 0 radical (unpaired) electrons. The van der Waals surface area contributed by atoms with E-state index >= 15 is 0 Å². The van der Waals surface area contributed by atoms with Gasteiger partial charge in [0.25, 0.3) is 0 Å². The monoisotopic (exact) mass is 355 g/mol. The molecule has 0 fully saturated rings. The quantitative estimate of drug-likeness (QED) is 0.653. The molecule has 0 N–H and O–H groups in total. The maximum Gasteiger partial charge on any atom is 0.125 e. The van der Waals surface area contributed by atoms with Gasteiger partial charge in [-0.1, -0.05) is 15.9 Å². The van der Waals surface area contributed by atoms with Crippen LogP contribution in [0.1, 0.15) is 16.5 Å². The lowest BCUT2D eigenvalue weighted by molar-refractivity contribution is 0.761. The smallest absolute Gasteiger partial charge is 0.125 e. The van der Waals surface area contributed by atoms with Crippen LogP contribution < -0.4 is 0 Å². The number of benzene rings is 1. The molecule has 0 saturated carbocycles.